The summed E-state index contributed by atoms with van der Waals surface area (Å²) in [5, 5.41) is 0.969. The van der Waals surface area contributed by atoms with Gasteiger partial charge in [-0.2, -0.15) is 0 Å². The summed E-state index contributed by atoms with van der Waals surface area (Å²) in [5.74, 6) is 0.462. The topological polar surface area (TPSA) is 81.1 Å². The molecule has 5 rings (SSSR count). The van der Waals surface area contributed by atoms with E-state index in [2.05, 4.69) is 24.8 Å². The van der Waals surface area contributed by atoms with E-state index in [9.17, 15) is 4.79 Å². The number of hydrogen-bond acceptors (Lipinski definition) is 7. The SMILES string of the molecule is O=C(Cc1cc2cc(-c3cnccn3)cnc2cn1)C1CCC(N2CCOCC2)CC1. The standard InChI is InChI=1S/C24H27N5O2/c30-24(17-1-3-21(4-2-17)29-7-9-31-10-8-29)13-20-12-18-11-19(14-28-23(18)16-27-20)22-15-25-5-6-26-22/h5-6,11-12,14-17,21H,1-4,7-10,13H2. The average Bonchev–Trinajstić information content (AvgIpc) is 2.85. The molecule has 7 heteroatoms. The highest BCUT2D eigenvalue weighted by atomic mass is 16.5. The van der Waals surface area contributed by atoms with Crippen LogP contribution >= 0.6 is 0 Å². The number of fused-ring (bicyclic) bond motifs is 1. The number of aromatic nitrogens is 4. The molecule has 0 bridgehead atoms. The summed E-state index contributed by atoms with van der Waals surface area (Å²) < 4.78 is 5.47. The van der Waals surface area contributed by atoms with Crippen molar-refractivity contribution in [3.05, 3.63) is 48.8 Å². The highest BCUT2D eigenvalue weighted by Gasteiger charge is 2.30. The second-order valence-corrected chi connectivity index (χ2v) is 8.48. The zero-order valence-corrected chi connectivity index (χ0v) is 17.6. The van der Waals surface area contributed by atoms with Crippen molar-refractivity contribution in [3.63, 3.8) is 0 Å². The largest absolute Gasteiger partial charge is 0.379 e. The maximum Gasteiger partial charge on any atom is 0.141 e. The van der Waals surface area contributed by atoms with Gasteiger partial charge in [0.2, 0.25) is 0 Å². The molecule has 0 amide bonds. The van der Waals surface area contributed by atoms with Crippen LogP contribution in [0.5, 0.6) is 0 Å². The summed E-state index contributed by atoms with van der Waals surface area (Å²) in [5.41, 5.74) is 3.31. The molecule has 7 nitrogen and oxygen atoms in total. The van der Waals surface area contributed by atoms with E-state index in [0.29, 0.717) is 18.2 Å². The van der Waals surface area contributed by atoms with Crippen LogP contribution in [0.15, 0.2) is 43.1 Å². The van der Waals surface area contributed by atoms with Crippen LogP contribution in [0.25, 0.3) is 22.2 Å². The number of carbonyl (C=O) groups excluding carboxylic acids is 1. The van der Waals surface area contributed by atoms with Crippen molar-refractivity contribution in [1.82, 2.24) is 24.8 Å². The smallest absolute Gasteiger partial charge is 0.141 e. The quantitative estimate of drug-likeness (QED) is 0.631. The molecule has 0 spiro atoms. The zero-order chi connectivity index (χ0) is 21.0. The van der Waals surface area contributed by atoms with E-state index in [4.69, 9.17) is 4.74 Å². The summed E-state index contributed by atoms with van der Waals surface area (Å²) >= 11 is 0. The molecule has 0 aromatic carbocycles. The highest BCUT2D eigenvalue weighted by Crippen LogP contribution is 2.29. The first kappa shape index (κ1) is 20.2. The fraction of sp³-hybridized carbons (Fsp3) is 0.458. The Balaban J connectivity index is 1.24. The lowest BCUT2D eigenvalue weighted by Gasteiger charge is -2.38. The number of hydrogen-bond donors (Lipinski definition) is 0. The van der Waals surface area contributed by atoms with Crippen molar-refractivity contribution < 1.29 is 9.53 Å². The molecule has 0 N–H and O–H groups in total. The fourth-order valence-electron chi connectivity index (χ4n) is 4.79. The van der Waals surface area contributed by atoms with Gasteiger partial charge in [-0.15, -0.1) is 0 Å². The summed E-state index contributed by atoms with van der Waals surface area (Å²) in [4.78, 5) is 33.0. The number of ketones is 1. The molecule has 0 radical (unpaired) electrons. The fourth-order valence-corrected chi connectivity index (χ4v) is 4.79. The molecular formula is C24H27N5O2. The van der Waals surface area contributed by atoms with Gasteiger partial charge in [0.05, 0.1) is 36.8 Å². The van der Waals surface area contributed by atoms with E-state index in [1.807, 2.05) is 12.1 Å². The summed E-state index contributed by atoms with van der Waals surface area (Å²) in [7, 11) is 0. The average molecular weight is 418 g/mol. The van der Waals surface area contributed by atoms with E-state index in [-0.39, 0.29) is 5.92 Å². The van der Waals surface area contributed by atoms with Gasteiger partial charge in [0, 0.05) is 66.7 Å². The Morgan fingerprint density at radius 2 is 1.81 bits per heavy atom. The van der Waals surface area contributed by atoms with Gasteiger partial charge in [0.1, 0.15) is 5.78 Å². The molecule has 4 heterocycles. The number of rotatable bonds is 5. The number of morpholine rings is 1. The van der Waals surface area contributed by atoms with Crippen molar-refractivity contribution in [2.24, 2.45) is 5.92 Å². The number of ether oxygens (including phenoxy) is 1. The number of pyridine rings is 2. The van der Waals surface area contributed by atoms with Crippen LogP contribution in [-0.2, 0) is 16.0 Å². The van der Waals surface area contributed by atoms with Crippen molar-refractivity contribution in [3.8, 4) is 11.3 Å². The molecule has 1 saturated carbocycles. The number of nitrogens with zero attached hydrogens (tertiary/aromatic N) is 5. The maximum atomic E-state index is 13.0. The van der Waals surface area contributed by atoms with Gasteiger partial charge in [-0.05, 0) is 37.8 Å². The zero-order valence-electron chi connectivity index (χ0n) is 17.6. The van der Waals surface area contributed by atoms with E-state index in [1.54, 1.807) is 31.0 Å². The lowest BCUT2D eigenvalue weighted by Crippen LogP contribution is -2.45. The van der Waals surface area contributed by atoms with Crippen molar-refractivity contribution in [1.29, 1.82) is 0 Å². The van der Waals surface area contributed by atoms with Crippen LogP contribution in [0, 0.1) is 5.92 Å². The minimum absolute atomic E-state index is 0.152. The lowest BCUT2D eigenvalue weighted by molar-refractivity contribution is -0.123. The first-order valence-electron chi connectivity index (χ1n) is 11.1. The molecule has 160 valence electrons. The van der Waals surface area contributed by atoms with E-state index in [1.165, 1.54) is 0 Å². The summed E-state index contributed by atoms with van der Waals surface area (Å²) in [6.45, 7) is 3.71. The molecular weight excluding hydrogens is 390 g/mol. The van der Waals surface area contributed by atoms with Crippen molar-refractivity contribution in [2.75, 3.05) is 26.3 Å². The van der Waals surface area contributed by atoms with Crippen molar-refractivity contribution in [2.45, 2.75) is 38.1 Å². The third kappa shape index (κ3) is 4.62. The first-order chi connectivity index (χ1) is 15.3. The van der Waals surface area contributed by atoms with Gasteiger partial charge < -0.3 is 4.74 Å². The van der Waals surface area contributed by atoms with Gasteiger partial charge in [-0.25, -0.2) is 0 Å². The Kier molecular flexibility index (Phi) is 5.95. The van der Waals surface area contributed by atoms with Crippen LogP contribution in [0.1, 0.15) is 31.4 Å². The summed E-state index contributed by atoms with van der Waals surface area (Å²) in [6, 6.07) is 4.63. The van der Waals surface area contributed by atoms with Gasteiger partial charge in [0.25, 0.3) is 0 Å². The molecule has 1 aliphatic heterocycles. The molecule has 31 heavy (non-hydrogen) atoms. The number of Topliss-reactive ketones (excluding diaryl/α,β-unsaturated/α-hetero) is 1. The Bertz CT molecular complexity index is 1040. The van der Waals surface area contributed by atoms with Crippen LogP contribution in [0.3, 0.4) is 0 Å². The monoisotopic (exact) mass is 417 g/mol. The van der Waals surface area contributed by atoms with Gasteiger partial charge in [0.15, 0.2) is 0 Å². The van der Waals surface area contributed by atoms with Gasteiger partial charge >= 0.3 is 0 Å². The van der Waals surface area contributed by atoms with Crippen molar-refractivity contribution >= 4 is 16.7 Å². The molecule has 3 aromatic heterocycles. The van der Waals surface area contributed by atoms with Gasteiger partial charge in [-0.1, -0.05) is 0 Å². The van der Waals surface area contributed by atoms with Crippen LogP contribution in [0.2, 0.25) is 0 Å². The molecule has 3 aromatic rings. The Labute approximate surface area is 181 Å². The Hall–Kier alpha value is -2.77. The first-order valence-corrected chi connectivity index (χ1v) is 11.1. The van der Waals surface area contributed by atoms with E-state index < -0.39 is 0 Å². The Morgan fingerprint density at radius 3 is 2.58 bits per heavy atom. The molecule has 2 aliphatic rings. The summed E-state index contributed by atoms with van der Waals surface area (Å²) in [6.07, 6.45) is 13.1. The maximum absolute atomic E-state index is 13.0. The molecule has 1 aliphatic carbocycles. The predicted octanol–water partition coefficient (Wildman–Crippen LogP) is 3.09. The van der Waals surface area contributed by atoms with Gasteiger partial charge in [-0.3, -0.25) is 29.6 Å². The minimum atomic E-state index is 0.152. The third-order valence-corrected chi connectivity index (χ3v) is 6.55. The highest BCUT2D eigenvalue weighted by molar-refractivity contribution is 5.86. The molecule has 2 fully saturated rings. The predicted molar refractivity (Wildman–Crippen MR) is 117 cm³/mol. The van der Waals surface area contributed by atoms with Crippen LogP contribution in [-0.4, -0.2) is 63.0 Å². The normalized spacial score (nSPS) is 22.5. The second kappa shape index (κ2) is 9.16. The molecule has 0 unspecified atom stereocenters. The molecule has 0 atom stereocenters. The van der Waals surface area contributed by atoms with Crippen LogP contribution in [0.4, 0.5) is 0 Å². The minimum Gasteiger partial charge on any atom is -0.379 e. The second-order valence-electron chi connectivity index (χ2n) is 8.48. The van der Waals surface area contributed by atoms with E-state index in [0.717, 1.165) is 79.8 Å². The third-order valence-electron chi connectivity index (χ3n) is 6.55. The number of carbonyl (C=O) groups is 1. The molecule has 1 saturated heterocycles. The van der Waals surface area contributed by atoms with E-state index >= 15 is 0 Å². The lowest BCUT2D eigenvalue weighted by atomic mass is 9.81. The van der Waals surface area contributed by atoms with Crippen LogP contribution < -0.4 is 0 Å². The Morgan fingerprint density at radius 1 is 0.968 bits per heavy atom.